The highest BCUT2D eigenvalue weighted by molar-refractivity contribution is 7.91. The molecule has 0 fully saturated rings. The zero-order chi connectivity index (χ0) is 13.6. The molecule has 0 aromatic heterocycles. The van der Waals surface area contributed by atoms with Gasteiger partial charge in [-0.05, 0) is 24.6 Å². The molecule has 0 radical (unpaired) electrons. The molecule has 0 atom stereocenters. The van der Waals surface area contributed by atoms with Crippen LogP contribution in [0.3, 0.4) is 0 Å². The van der Waals surface area contributed by atoms with E-state index in [9.17, 15) is 17.6 Å². The molecular formula is C12H15FO4S. The first kappa shape index (κ1) is 14.6. The highest BCUT2D eigenvalue weighted by Gasteiger charge is 2.08. The van der Waals surface area contributed by atoms with E-state index in [1.54, 1.807) is 6.92 Å². The average molecular weight is 274 g/mol. The number of sulfone groups is 1. The second-order valence-electron chi connectivity index (χ2n) is 3.74. The molecule has 0 aliphatic carbocycles. The summed E-state index contributed by atoms with van der Waals surface area (Å²) in [6, 6.07) is 3.61. The van der Waals surface area contributed by atoms with Crippen LogP contribution in [-0.2, 0) is 9.84 Å². The molecule has 0 heterocycles. The first-order valence-corrected chi connectivity index (χ1v) is 7.38. The lowest BCUT2D eigenvalue weighted by Gasteiger charge is -2.08. The van der Waals surface area contributed by atoms with Crippen molar-refractivity contribution in [3.05, 3.63) is 29.6 Å². The molecule has 0 N–H and O–H groups in total. The van der Waals surface area contributed by atoms with E-state index in [0.717, 1.165) is 6.07 Å². The van der Waals surface area contributed by atoms with Gasteiger partial charge < -0.3 is 4.74 Å². The van der Waals surface area contributed by atoms with E-state index in [4.69, 9.17) is 4.74 Å². The minimum absolute atomic E-state index is 0.0428. The molecule has 0 aliphatic heterocycles. The average Bonchev–Trinajstić information content (AvgIpc) is 2.36. The summed E-state index contributed by atoms with van der Waals surface area (Å²) < 4.78 is 40.5. The molecule has 1 rings (SSSR count). The molecule has 100 valence electrons. The monoisotopic (exact) mass is 274 g/mol. The number of rotatable bonds is 7. The molecule has 0 saturated heterocycles. The standard InChI is InChI=1S/C12H15FO4S/c1-2-18(15,16)7-3-6-17-12-5-4-11(13)8-10(12)9-14/h4-5,8-9H,2-3,6-7H2,1H3. The van der Waals surface area contributed by atoms with Gasteiger partial charge >= 0.3 is 0 Å². The normalized spacial score (nSPS) is 11.2. The molecule has 0 spiro atoms. The van der Waals surface area contributed by atoms with Crippen molar-refractivity contribution in [1.82, 2.24) is 0 Å². The lowest BCUT2D eigenvalue weighted by atomic mass is 10.2. The van der Waals surface area contributed by atoms with Gasteiger partial charge in [-0.15, -0.1) is 0 Å². The maximum absolute atomic E-state index is 12.8. The van der Waals surface area contributed by atoms with Gasteiger partial charge in [-0.1, -0.05) is 6.92 Å². The summed E-state index contributed by atoms with van der Waals surface area (Å²) in [5, 5.41) is 0. The third-order valence-corrected chi connectivity index (χ3v) is 4.19. The quantitative estimate of drug-likeness (QED) is 0.562. The number of carbonyl (C=O) groups excluding carboxylic acids is 1. The van der Waals surface area contributed by atoms with E-state index >= 15 is 0 Å². The van der Waals surface area contributed by atoms with Gasteiger partial charge in [0, 0.05) is 5.75 Å². The summed E-state index contributed by atoms with van der Waals surface area (Å²) in [7, 11) is -3.01. The second-order valence-corrected chi connectivity index (χ2v) is 6.21. The molecule has 1 aromatic rings. The predicted octanol–water partition coefficient (Wildman–Crippen LogP) is 1.84. The number of hydrogen-bond acceptors (Lipinski definition) is 4. The van der Waals surface area contributed by atoms with Crippen molar-refractivity contribution in [3.8, 4) is 5.75 Å². The van der Waals surface area contributed by atoms with Crippen LogP contribution in [0, 0.1) is 5.82 Å². The number of benzene rings is 1. The zero-order valence-electron chi connectivity index (χ0n) is 10.1. The third-order valence-electron chi connectivity index (χ3n) is 2.40. The fraction of sp³-hybridized carbons (Fsp3) is 0.417. The van der Waals surface area contributed by atoms with Gasteiger partial charge in [0.15, 0.2) is 6.29 Å². The molecular weight excluding hydrogens is 259 g/mol. The van der Waals surface area contributed by atoms with Crippen molar-refractivity contribution < 1.29 is 22.3 Å². The molecule has 0 amide bonds. The Hall–Kier alpha value is -1.43. The van der Waals surface area contributed by atoms with Crippen LogP contribution >= 0.6 is 0 Å². The van der Waals surface area contributed by atoms with Crippen molar-refractivity contribution >= 4 is 16.1 Å². The van der Waals surface area contributed by atoms with Crippen molar-refractivity contribution in [1.29, 1.82) is 0 Å². The fourth-order valence-electron chi connectivity index (χ4n) is 1.35. The lowest BCUT2D eigenvalue weighted by Crippen LogP contribution is -2.12. The maximum atomic E-state index is 12.8. The summed E-state index contributed by atoms with van der Waals surface area (Å²) in [6.07, 6.45) is 0.840. The summed E-state index contributed by atoms with van der Waals surface area (Å²) in [5.41, 5.74) is 0.119. The van der Waals surface area contributed by atoms with Crippen molar-refractivity contribution in [3.63, 3.8) is 0 Å². The van der Waals surface area contributed by atoms with Crippen LogP contribution < -0.4 is 4.74 Å². The highest BCUT2D eigenvalue weighted by Crippen LogP contribution is 2.17. The Kier molecular flexibility index (Phi) is 5.27. The Morgan fingerprint density at radius 3 is 2.72 bits per heavy atom. The molecule has 0 aliphatic rings. The van der Waals surface area contributed by atoms with Crippen LogP contribution in [0.25, 0.3) is 0 Å². The third kappa shape index (κ3) is 4.44. The summed E-state index contributed by atoms with van der Waals surface area (Å²) in [5.74, 6) is -0.108. The molecule has 0 unspecified atom stereocenters. The zero-order valence-corrected chi connectivity index (χ0v) is 10.9. The molecule has 1 aromatic carbocycles. The maximum Gasteiger partial charge on any atom is 0.153 e. The fourth-order valence-corrected chi connectivity index (χ4v) is 2.19. The van der Waals surface area contributed by atoms with Gasteiger partial charge in [0.25, 0.3) is 0 Å². The van der Waals surface area contributed by atoms with Crippen LogP contribution in [-0.4, -0.2) is 32.8 Å². The summed E-state index contributed by atoms with van der Waals surface area (Å²) in [4.78, 5) is 10.7. The van der Waals surface area contributed by atoms with Crippen LogP contribution in [0.5, 0.6) is 5.75 Å². The Bertz CT molecular complexity index is 511. The summed E-state index contributed by atoms with van der Waals surface area (Å²) in [6.45, 7) is 1.76. The number of aldehydes is 1. The number of hydrogen-bond donors (Lipinski definition) is 0. The first-order chi connectivity index (χ1) is 8.48. The molecule has 0 saturated carbocycles. The number of carbonyl (C=O) groups is 1. The van der Waals surface area contributed by atoms with E-state index in [2.05, 4.69) is 0 Å². The van der Waals surface area contributed by atoms with Crippen LogP contribution in [0.4, 0.5) is 4.39 Å². The van der Waals surface area contributed by atoms with Gasteiger partial charge in [0.05, 0.1) is 17.9 Å². The smallest absolute Gasteiger partial charge is 0.153 e. The van der Waals surface area contributed by atoms with Crippen molar-refractivity contribution in [2.75, 3.05) is 18.1 Å². The Labute approximate surface area is 106 Å². The van der Waals surface area contributed by atoms with Gasteiger partial charge in [-0.25, -0.2) is 12.8 Å². The number of halogens is 1. The highest BCUT2D eigenvalue weighted by atomic mass is 32.2. The van der Waals surface area contributed by atoms with E-state index in [0.29, 0.717) is 12.7 Å². The van der Waals surface area contributed by atoms with E-state index in [1.165, 1.54) is 12.1 Å². The Morgan fingerprint density at radius 1 is 1.39 bits per heavy atom. The summed E-state index contributed by atoms with van der Waals surface area (Å²) >= 11 is 0. The molecule has 18 heavy (non-hydrogen) atoms. The topological polar surface area (TPSA) is 60.4 Å². The van der Waals surface area contributed by atoms with Gasteiger partial charge in [-0.3, -0.25) is 4.79 Å². The predicted molar refractivity (Wildman–Crippen MR) is 66.2 cm³/mol. The second kappa shape index (κ2) is 6.49. The molecule has 6 heteroatoms. The lowest BCUT2D eigenvalue weighted by molar-refractivity contribution is 0.111. The number of ether oxygens (including phenoxy) is 1. The van der Waals surface area contributed by atoms with Crippen molar-refractivity contribution in [2.24, 2.45) is 0 Å². The van der Waals surface area contributed by atoms with Gasteiger partial charge in [0.2, 0.25) is 0 Å². The molecule has 0 bridgehead atoms. The first-order valence-electron chi connectivity index (χ1n) is 5.56. The van der Waals surface area contributed by atoms with E-state index < -0.39 is 15.7 Å². The van der Waals surface area contributed by atoms with Gasteiger partial charge in [0.1, 0.15) is 21.4 Å². The van der Waals surface area contributed by atoms with Gasteiger partial charge in [-0.2, -0.15) is 0 Å². The van der Waals surface area contributed by atoms with Crippen LogP contribution in [0.15, 0.2) is 18.2 Å². The van der Waals surface area contributed by atoms with E-state index in [1.807, 2.05) is 0 Å². The largest absolute Gasteiger partial charge is 0.493 e. The minimum Gasteiger partial charge on any atom is -0.493 e. The van der Waals surface area contributed by atoms with Crippen molar-refractivity contribution in [2.45, 2.75) is 13.3 Å². The SMILES string of the molecule is CCS(=O)(=O)CCCOc1ccc(F)cc1C=O. The van der Waals surface area contributed by atoms with Crippen LogP contribution in [0.2, 0.25) is 0 Å². The Morgan fingerprint density at radius 2 is 2.11 bits per heavy atom. The Balaban J connectivity index is 2.52. The van der Waals surface area contributed by atoms with E-state index in [-0.39, 0.29) is 29.4 Å². The molecule has 4 nitrogen and oxygen atoms in total. The minimum atomic E-state index is -3.01. The van der Waals surface area contributed by atoms with Crippen LogP contribution in [0.1, 0.15) is 23.7 Å².